The number of hydrogen-bond acceptors (Lipinski definition) is 5. The van der Waals surface area contributed by atoms with E-state index in [9.17, 15) is 0 Å². The number of hydrogen-bond donors (Lipinski definition) is 3. The van der Waals surface area contributed by atoms with Crippen LogP contribution in [0.4, 0.5) is 0 Å². The fraction of sp³-hybridized carbons (Fsp3) is 1.00. The quantitative estimate of drug-likeness (QED) is 0.623. The fourth-order valence-electron chi connectivity index (χ4n) is 1.71. The molecule has 16 heavy (non-hydrogen) atoms. The summed E-state index contributed by atoms with van der Waals surface area (Å²) < 4.78 is 10.6. The minimum absolute atomic E-state index is 0.787. The molecule has 0 radical (unpaired) electrons. The van der Waals surface area contributed by atoms with Crippen LogP contribution in [0.5, 0.6) is 0 Å². The molecule has 5 nitrogen and oxygen atoms in total. The Kier molecular flexibility index (Phi) is 27.2. The van der Waals surface area contributed by atoms with Gasteiger partial charge in [-0.25, -0.2) is 0 Å². The summed E-state index contributed by atoms with van der Waals surface area (Å²) in [7, 11) is 6.81. The average Bonchev–Trinajstić information content (AvgIpc) is 2.92. The molecule has 0 bridgehead atoms. The Morgan fingerprint density at radius 3 is 1.38 bits per heavy atom. The minimum Gasteiger partial charge on any atom is -0.400 e. The summed E-state index contributed by atoms with van der Waals surface area (Å²) in [5, 5.41) is 0. The van der Waals surface area contributed by atoms with Gasteiger partial charge in [0.15, 0.2) is 0 Å². The van der Waals surface area contributed by atoms with Crippen LogP contribution >= 0.6 is 0 Å². The van der Waals surface area contributed by atoms with Crippen LogP contribution in [0.15, 0.2) is 0 Å². The SMILES string of the molecule is CN.CN.CN.CO[SiH](OC)C1CCCC1. The van der Waals surface area contributed by atoms with Crippen molar-refractivity contribution in [1.82, 2.24) is 0 Å². The summed E-state index contributed by atoms with van der Waals surface area (Å²) in [6, 6.07) is 0. The van der Waals surface area contributed by atoms with E-state index in [-0.39, 0.29) is 0 Å². The molecule has 1 aliphatic rings. The molecule has 0 saturated heterocycles. The van der Waals surface area contributed by atoms with E-state index in [2.05, 4.69) is 17.2 Å². The highest BCUT2D eigenvalue weighted by Gasteiger charge is 2.27. The highest BCUT2D eigenvalue weighted by Crippen LogP contribution is 2.32. The summed E-state index contributed by atoms with van der Waals surface area (Å²) in [5.41, 5.74) is 14.3. The van der Waals surface area contributed by atoms with Gasteiger partial charge in [-0.3, -0.25) is 0 Å². The van der Waals surface area contributed by atoms with Crippen LogP contribution < -0.4 is 17.2 Å². The lowest BCUT2D eigenvalue weighted by atomic mass is 10.4. The first kappa shape index (κ1) is 21.3. The van der Waals surface area contributed by atoms with E-state index in [4.69, 9.17) is 8.85 Å². The molecule has 6 heteroatoms. The molecule has 0 heterocycles. The Hall–Kier alpha value is 0.0169. The predicted octanol–water partition coefficient (Wildman–Crippen LogP) is 0.169. The van der Waals surface area contributed by atoms with Gasteiger partial charge in [-0.1, -0.05) is 12.8 Å². The van der Waals surface area contributed by atoms with Crippen molar-refractivity contribution >= 4 is 9.28 Å². The van der Waals surface area contributed by atoms with Gasteiger partial charge in [0.25, 0.3) is 0 Å². The zero-order valence-corrected chi connectivity index (χ0v) is 12.7. The summed E-state index contributed by atoms with van der Waals surface area (Å²) >= 11 is 0. The second kappa shape index (κ2) is 20.4. The minimum atomic E-state index is -1.24. The van der Waals surface area contributed by atoms with Gasteiger partial charge in [0.05, 0.1) is 0 Å². The molecule has 1 aliphatic carbocycles. The maximum atomic E-state index is 5.30. The Morgan fingerprint density at radius 2 is 1.12 bits per heavy atom. The van der Waals surface area contributed by atoms with Crippen LogP contribution in [0.3, 0.4) is 0 Å². The van der Waals surface area contributed by atoms with Crippen molar-refractivity contribution in [2.24, 2.45) is 17.2 Å². The topological polar surface area (TPSA) is 96.5 Å². The third-order valence-electron chi connectivity index (χ3n) is 2.25. The van der Waals surface area contributed by atoms with Crippen LogP contribution in [0.1, 0.15) is 25.7 Å². The number of rotatable bonds is 3. The molecule has 0 aromatic heterocycles. The molecule has 0 aromatic rings. The first-order valence-electron chi connectivity index (χ1n) is 5.67. The highest BCUT2D eigenvalue weighted by atomic mass is 28.3. The molecule has 102 valence electrons. The number of nitrogens with two attached hydrogens (primary N) is 3. The lowest BCUT2D eigenvalue weighted by Crippen LogP contribution is -2.24. The van der Waals surface area contributed by atoms with Gasteiger partial charge in [-0.2, -0.15) is 0 Å². The van der Waals surface area contributed by atoms with Crippen LogP contribution in [0.25, 0.3) is 0 Å². The van der Waals surface area contributed by atoms with Crippen LogP contribution in [-0.4, -0.2) is 44.6 Å². The Labute approximate surface area is 103 Å². The Morgan fingerprint density at radius 1 is 0.812 bits per heavy atom. The molecule has 1 rings (SSSR count). The van der Waals surface area contributed by atoms with Crippen LogP contribution in [-0.2, 0) is 8.85 Å². The predicted molar refractivity (Wildman–Crippen MR) is 73.7 cm³/mol. The zero-order valence-electron chi connectivity index (χ0n) is 11.5. The lowest BCUT2D eigenvalue weighted by Gasteiger charge is -2.16. The van der Waals surface area contributed by atoms with E-state index in [1.165, 1.54) is 46.8 Å². The maximum Gasteiger partial charge on any atom is 0.324 e. The van der Waals surface area contributed by atoms with Gasteiger partial charge in [-0.05, 0) is 39.5 Å². The summed E-state index contributed by atoms with van der Waals surface area (Å²) in [5.74, 6) is 0. The third kappa shape index (κ3) is 10.5. The summed E-state index contributed by atoms with van der Waals surface area (Å²) in [4.78, 5) is 0. The van der Waals surface area contributed by atoms with Gasteiger partial charge in [0, 0.05) is 14.2 Å². The Bertz CT molecular complexity index is 100. The van der Waals surface area contributed by atoms with E-state index in [1.807, 2.05) is 0 Å². The van der Waals surface area contributed by atoms with Crippen LogP contribution in [0.2, 0.25) is 5.54 Å². The molecular weight excluding hydrogens is 222 g/mol. The van der Waals surface area contributed by atoms with Gasteiger partial charge < -0.3 is 26.1 Å². The van der Waals surface area contributed by atoms with Crippen LogP contribution in [0, 0.1) is 0 Å². The normalized spacial score (nSPS) is 14.1. The third-order valence-corrected chi connectivity index (χ3v) is 4.62. The van der Waals surface area contributed by atoms with E-state index in [1.54, 1.807) is 14.2 Å². The van der Waals surface area contributed by atoms with Crippen molar-refractivity contribution in [3.05, 3.63) is 0 Å². The van der Waals surface area contributed by atoms with Crippen molar-refractivity contribution in [2.75, 3.05) is 35.4 Å². The van der Waals surface area contributed by atoms with E-state index in [0.717, 1.165) is 5.54 Å². The second-order valence-electron chi connectivity index (χ2n) is 2.88. The highest BCUT2D eigenvalue weighted by molar-refractivity contribution is 6.46. The van der Waals surface area contributed by atoms with Gasteiger partial charge in [0.2, 0.25) is 0 Å². The molecule has 0 amide bonds. The summed E-state index contributed by atoms with van der Waals surface area (Å²) in [6.45, 7) is 0. The molecule has 1 saturated carbocycles. The first-order chi connectivity index (χ1) is 7.88. The largest absolute Gasteiger partial charge is 0.400 e. The molecule has 0 spiro atoms. The second-order valence-corrected chi connectivity index (χ2v) is 5.51. The lowest BCUT2D eigenvalue weighted by molar-refractivity contribution is 0.265. The van der Waals surface area contributed by atoms with E-state index in [0.29, 0.717) is 0 Å². The van der Waals surface area contributed by atoms with Crippen molar-refractivity contribution in [3.8, 4) is 0 Å². The maximum absolute atomic E-state index is 5.30. The smallest absolute Gasteiger partial charge is 0.324 e. The molecular formula is C10H31N3O2Si. The van der Waals surface area contributed by atoms with Crippen molar-refractivity contribution in [1.29, 1.82) is 0 Å². The van der Waals surface area contributed by atoms with E-state index >= 15 is 0 Å². The standard InChI is InChI=1S/C7H16O2Si.3CH5N/c1-8-10(9-2)7-5-3-4-6-7;3*1-2/h7,10H,3-6H2,1-2H3;3*2H2,1H3. The van der Waals surface area contributed by atoms with E-state index < -0.39 is 9.28 Å². The van der Waals surface area contributed by atoms with Crippen molar-refractivity contribution in [3.63, 3.8) is 0 Å². The average molecular weight is 253 g/mol. The van der Waals surface area contributed by atoms with Crippen molar-refractivity contribution in [2.45, 2.75) is 31.2 Å². The van der Waals surface area contributed by atoms with Gasteiger partial charge >= 0.3 is 9.28 Å². The monoisotopic (exact) mass is 253 g/mol. The summed E-state index contributed by atoms with van der Waals surface area (Å²) in [6.07, 6.45) is 5.42. The molecule has 0 atom stereocenters. The molecule has 0 aromatic carbocycles. The molecule has 0 aliphatic heterocycles. The Balaban J connectivity index is -0.000000245. The van der Waals surface area contributed by atoms with Gasteiger partial charge in [0.1, 0.15) is 0 Å². The van der Waals surface area contributed by atoms with Gasteiger partial charge in [-0.15, -0.1) is 0 Å². The zero-order chi connectivity index (χ0) is 13.4. The molecule has 0 unspecified atom stereocenters. The molecule has 6 N–H and O–H groups in total. The first-order valence-corrected chi connectivity index (χ1v) is 7.28. The molecule has 1 fully saturated rings. The fourth-order valence-corrected chi connectivity index (χ4v) is 3.69. The van der Waals surface area contributed by atoms with Crippen molar-refractivity contribution < 1.29 is 8.85 Å².